The van der Waals surface area contributed by atoms with Gasteiger partial charge in [-0.15, -0.1) is 5.10 Å². The smallest absolute Gasteiger partial charge is 0.245 e. The molecule has 0 aliphatic carbocycles. The molecular formula is C16H9Cl2N5O3S. The van der Waals surface area contributed by atoms with E-state index in [4.69, 9.17) is 23.2 Å². The quantitative estimate of drug-likeness (QED) is 0.625. The fraction of sp³-hybridized carbons (Fsp3) is 0.0625. The largest absolute Gasteiger partial charge is 0.508 e. The number of hydrogen-bond donors (Lipinski definition) is 2. The molecule has 1 aliphatic rings. The second-order valence-electron chi connectivity index (χ2n) is 5.55. The zero-order valence-electron chi connectivity index (χ0n) is 13.3. The number of nitrogens with zero attached hydrogens (tertiary/aromatic N) is 4. The summed E-state index contributed by atoms with van der Waals surface area (Å²) in [6.45, 7) is 0. The number of carbonyl (C=O) groups excluding carboxylic acids is 2. The van der Waals surface area contributed by atoms with Gasteiger partial charge in [-0.1, -0.05) is 35.0 Å². The Hall–Kier alpha value is -2.62. The molecule has 1 amide bonds. The van der Waals surface area contributed by atoms with Crippen LogP contribution in [0.1, 0.15) is 10.4 Å². The molecule has 1 aromatic heterocycles. The number of nitrogens with one attached hydrogen (secondary N) is 1. The summed E-state index contributed by atoms with van der Waals surface area (Å²) in [6, 6.07) is 9.08. The summed E-state index contributed by atoms with van der Waals surface area (Å²) in [4.78, 5) is 25.3. The van der Waals surface area contributed by atoms with Gasteiger partial charge in [-0.2, -0.15) is 4.68 Å². The highest BCUT2D eigenvalue weighted by atomic mass is 35.5. The van der Waals surface area contributed by atoms with Crippen molar-refractivity contribution in [2.75, 3.05) is 5.32 Å². The van der Waals surface area contributed by atoms with Crippen LogP contribution in [0.4, 0.5) is 5.69 Å². The van der Waals surface area contributed by atoms with Crippen LogP contribution in [0, 0.1) is 0 Å². The number of anilines is 1. The van der Waals surface area contributed by atoms with Gasteiger partial charge < -0.3 is 10.4 Å². The maximum absolute atomic E-state index is 12.9. The van der Waals surface area contributed by atoms with Gasteiger partial charge in [0, 0.05) is 5.02 Å². The number of fused-ring (bicyclic) bond motifs is 1. The number of aromatic hydroxyl groups is 1. The number of tetrazole rings is 1. The molecule has 0 radical (unpaired) electrons. The van der Waals surface area contributed by atoms with Crippen molar-refractivity contribution in [1.29, 1.82) is 0 Å². The molecule has 0 fully saturated rings. The van der Waals surface area contributed by atoms with Crippen LogP contribution in [0.15, 0.2) is 41.6 Å². The minimum absolute atomic E-state index is 0.0905. The molecule has 0 bridgehead atoms. The van der Waals surface area contributed by atoms with E-state index < -0.39 is 16.9 Å². The summed E-state index contributed by atoms with van der Waals surface area (Å²) in [5.74, 6) is -0.885. The number of halogens is 2. The third-order valence-electron chi connectivity index (χ3n) is 3.79. The van der Waals surface area contributed by atoms with E-state index in [1.807, 2.05) is 0 Å². The van der Waals surface area contributed by atoms with Crippen molar-refractivity contribution in [2.24, 2.45) is 0 Å². The van der Waals surface area contributed by atoms with Crippen LogP contribution in [0.3, 0.4) is 0 Å². The molecule has 0 saturated carbocycles. The van der Waals surface area contributed by atoms with Gasteiger partial charge in [0.25, 0.3) is 0 Å². The van der Waals surface area contributed by atoms with Crippen LogP contribution in [0.25, 0.3) is 5.69 Å². The van der Waals surface area contributed by atoms with Crippen LogP contribution in [-0.2, 0) is 4.79 Å². The van der Waals surface area contributed by atoms with Crippen molar-refractivity contribution in [3.05, 3.63) is 52.0 Å². The molecule has 2 heterocycles. The third-order valence-corrected chi connectivity index (χ3v) is 5.44. The van der Waals surface area contributed by atoms with Gasteiger partial charge in [-0.25, -0.2) is 0 Å². The molecule has 3 aromatic rings. The van der Waals surface area contributed by atoms with E-state index in [1.54, 1.807) is 12.1 Å². The predicted octanol–water partition coefficient (Wildman–Crippen LogP) is 2.97. The zero-order valence-corrected chi connectivity index (χ0v) is 15.6. The number of benzene rings is 2. The highest BCUT2D eigenvalue weighted by molar-refractivity contribution is 8.01. The van der Waals surface area contributed by atoms with Gasteiger partial charge in [0.15, 0.2) is 11.0 Å². The number of phenols is 1. The number of ketones is 1. The first-order chi connectivity index (χ1) is 12.9. The fourth-order valence-corrected chi connectivity index (χ4v) is 4.11. The van der Waals surface area contributed by atoms with Crippen LogP contribution in [0.5, 0.6) is 5.75 Å². The Morgan fingerprint density at radius 2 is 1.89 bits per heavy atom. The van der Waals surface area contributed by atoms with Gasteiger partial charge in [0.1, 0.15) is 5.75 Å². The SMILES string of the molecule is O=C1Nc2cc(Cl)cc(Cl)c2C(=O)C1Sc1nnnn1-c1ccc(O)cc1. The van der Waals surface area contributed by atoms with E-state index >= 15 is 0 Å². The lowest BCUT2D eigenvalue weighted by Crippen LogP contribution is -2.38. The van der Waals surface area contributed by atoms with Gasteiger partial charge in [0.05, 0.1) is 22.0 Å². The number of hydrogen-bond acceptors (Lipinski definition) is 7. The Labute approximate surface area is 166 Å². The van der Waals surface area contributed by atoms with Gasteiger partial charge in [-0.05, 0) is 46.8 Å². The minimum Gasteiger partial charge on any atom is -0.508 e. The van der Waals surface area contributed by atoms with E-state index in [-0.39, 0.29) is 27.2 Å². The molecule has 1 unspecified atom stereocenters. The lowest BCUT2D eigenvalue weighted by molar-refractivity contribution is -0.115. The summed E-state index contributed by atoms with van der Waals surface area (Å²) >= 11 is 13.0. The Morgan fingerprint density at radius 3 is 2.63 bits per heavy atom. The lowest BCUT2D eigenvalue weighted by atomic mass is 10.0. The van der Waals surface area contributed by atoms with Crippen molar-refractivity contribution >= 4 is 52.3 Å². The molecule has 0 spiro atoms. The molecule has 2 N–H and O–H groups in total. The normalized spacial score (nSPS) is 16.1. The van der Waals surface area contributed by atoms with Gasteiger partial charge in [0.2, 0.25) is 11.1 Å². The zero-order chi connectivity index (χ0) is 19.1. The summed E-state index contributed by atoms with van der Waals surface area (Å²) in [6.07, 6.45) is 0. The number of carbonyl (C=O) groups is 2. The molecule has 27 heavy (non-hydrogen) atoms. The average Bonchev–Trinajstić information content (AvgIpc) is 3.06. The number of rotatable bonds is 3. The number of aromatic nitrogens is 4. The molecule has 136 valence electrons. The summed E-state index contributed by atoms with van der Waals surface area (Å²) in [5.41, 5.74) is 1.04. The van der Waals surface area contributed by atoms with Crippen molar-refractivity contribution in [1.82, 2.24) is 20.2 Å². The van der Waals surface area contributed by atoms with Crippen LogP contribution in [-0.4, -0.2) is 42.3 Å². The Kier molecular flexibility index (Phi) is 4.50. The first kappa shape index (κ1) is 17.8. The third kappa shape index (κ3) is 3.25. The maximum atomic E-state index is 12.9. The first-order valence-electron chi connectivity index (χ1n) is 7.52. The molecule has 0 saturated heterocycles. The van der Waals surface area contributed by atoms with Crippen molar-refractivity contribution in [3.8, 4) is 11.4 Å². The molecule has 4 rings (SSSR count). The minimum atomic E-state index is -1.11. The molecule has 1 atom stereocenters. The molecule has 1 aliphatic heterocycles. The lowest BCUT2D eigenvalue weighted by Gasteiger charge is -2.23. The molecule has 11 heteroatoms. The van der Waals surface area contributed by atoms with E-state index in [0.29, 0.717) is 10.7 Å². The van der Waals surface area contributed by atoms with Crippen molar-refractivity contribution in [3.63, 3.8) is 0 Å². The second-order valence-corrected chi connectivity index (χ2v) is 7.47. The summed E-state index contributed by atoms with van der Waals surface area (Å²) in [7, 11) is 0. The van der Waals surface area contributed by atoms with E-state index in [1.165, 1.54) is 28.9 Å². The van der Waals surface area contributed by atoms with E-state index in [9.17, 15) is 14.7 Å². The van der Waals surface area contributed by atoms with Crippen LogP contribution in [0.2, 0.25) is 10.0 Å². The number of amides is 1. The van der Waals surface area contributed by atoms with Gasteiger partial charge in [-0.3, -0.25) is 9.59 Å². The fourth-order valence-electron chi connectivity index (χ4n) is 2.59. The summed E-state index contributed by atoms with van der Waals surface area (Å²) in [5, 5.41) is 23.0. The predicted molar refractivity (Wildman–Crippen MR) is 99.9 cm³/mol. The standard InChI is InChI=1S/C16H9Cl2N5O3S/c17-7-5-10(18)12-11(6-7)19-15(26)14(13(12)25)27-16-20-21-22-23(16)8-1-3-9(24)4-2-8/h1-6,14,24H,(H,19,26). The first-order valence-corrected chi connectivity index (χ1v) is 9.16. The Balaban J connectivity index is 1.68. The van der Waals surface area contributed by atoms with E-state index in [0.717, 1.165) is 11.8 Å². The maximum Gasteiger partial charge on any atom is 0.245 e. The van der Waals surface area contributed by atoms with Crippen LogP contribution < -0.4 is 5.32 Å². The van der Waals surface area contributed by atoms with Crippen LogP contribution >= 0.6 is 35.0 Å². The second kappa shape index (κ2) is 6.84. The summed E-state index contributed by atoms with van der Waals surface area (Å²) < 4.78 is 1.36. The number of phenolic OH excluding ortho intramolecular Hbond substituents is 1. The highest BCUT2D eigenvalue weighted by Gasteiger charge is 2.38. The van der Waals surface area contributed by atoms with Crippen molar-refractivity contribution in [2.45, 2.75) is 10.4 Å². The Morgan fingerprint density at radius 1 is 1.15 bits per heavy atom. The average molecular weight is 422 g/mol. The number of Topliss-reactive ketones (excluding diaryl/α,β-unsaturated/α-hetero) is 1. The molecule has 2 aromatic carbocycles. The van der Waals surface area contributed by atoms with E-state index in [2.05, 4.69) is 20.8 Å². The highest BCUT2D eigenvalue weighted by Crippen LogP contribution is 2.37. The molecule has 8 nitrogen and oxygen atoms in total. The van der Waals surface area contributed by atoms with Crippen molar-refractivity contribution < 1.29 is 14.7 Å². The topological polar surface area (TPSA) is 110 Å². The Bertz CT molecular complexity index is 1070. The van der Waals surface area contributed by atoms with Gasteiger partial charge >= 0.3 is 0 Å². The number of thioether (sulfide) groups is 1. The molecular weight excluding hydrogens is 413 g/mol. The monoisotopic (exact) mass is 421 g/mol.